The lowest BCUT2D eigenvalue weighted by Crippen LogP contribution is -2.25. The van der Waals surface area contributed by atoms with Crippen LogP contribution in [-0.4, -0.2) is 6.04 Å². The molecule has 82 valence electrons. The summed E-state index contributed by atoms with van der Waals surface area (Å²) < 4.78 is 0. The van der Waals surface area contributed by atoms with Crippen molar-refractivity contribution in [2.75, 3.05) is 0 Å². The smallest absolute Gasteiger partial charge is 0.0438 e. The van der Waals surface area contributed by atoms with Gasteiger partial charge in [0.1, 0.15) is 0 Å². The lowest BCUT2D eigenvalue weighted by atomic mass is 10.0. The molecule has 0 rings (SSSR count). The van der Waals surface area contributed by atoms with Crippen LogP contribution in [0.5, 0.6) is 0 Å². The monoisotopic (exact) mass is 195 g/mol. The minimum atomic E-state index is 0.431. The summed E-state index contributed by atoms with van der Waals surface area (Å²) in [6, 6.07) is 0.431. The Morgan fingerprint density at radius 2 is 2.00 bits per heavy atom. The van der Waals surface area contributed by atoms with Crippen molar-refractivity contribution in [1.29, 1.82) is 0 Å². The standard InChI is InChI=1S/C13H25N/c1-6-8-12(5)14-13(7-2)10-9-11(3)4/h7-8,11,13-14H,2,6,9-10H2,1,3-5H3/b12-8-. The van der Waals surface area contributed by atoms with Crippen LogP contribution in [0.1, 0.15) is 47.0 Å². The van der Waals surface area contributed by atoms with E-state index in [1.165, 1.54) is 18.5 Å². The van der Waals surface area contributed by atoms with Crippen molar-refractivity contribution in [3.63, 3.8) is 0 Å². The Morgan fingerprint density at radius 1 is 1.36 bits per heavy atom. The Morgan fingerprint density at radius 3 is 2.43 bits per heavy atom. The van der Waals surface area contributed by atoms with Crippen molar-refractivity contribution in [1.82, 2.24) is 5.32 Å². The molecule has 0 saturated heterocycles. The molecule has 0 radical (unpaired) electrons. The Kier molecular flexibility index (Phi) is 7.27. The summed E-state index contributed by atoms with van der Waals surface area (Å²) in [5, 5.41) is 3.47. The van der Waals surface area contributed by atoms with Gasteiger partial charge in [-0.3, -0.25) is 0 Å². The minimum Gasteiger partial charge on any atom is -0.383 e. The van der Waals surface area contributed by atoms with E-state index in [9.17, 15) is 0 Å². The molecule has 0 saturated carbocycles. The Labute approximate surface area is 89.3 Å². The fourth-order valence-electron chi connectivity index (χ4n) is 1.42. The van der Waals surface area contributed by atoms with Crippen LogP contribution in [0.15, 0.2) is 24.4 Å². The summed E-state index contributed by atoms with van der Waals surface area (Å²) in [6.07, 6.45) is 7.74. The second kappa shape index (κ2) is 7.66. The van der Waals surface area contributed by atoms with Gasteiger partial charge in [-0.2, -0.15) is 0 Å². The van der Waals surface area contributed by atoms with Gasteiger partial charge in [0.05, 0.1) is 0 Å². The molecule has 1 nitrogen and oxygen atoms in total. The predicted octanol–water partition coefficient (Wildman–Crippen LogP) is 3.88. The maximum absolute atomic E-state index is 3.86. The zero-order valence-corrected chi connectivity index (χ0v) is 10.1. The average Bonchev–Trinajstić information content (AvgIpc) is 2.12. The second-order valence-corrected chi connectivity index (χ2v) is 4.25. The number of hydrogen-bond donors (Lipinski definition) is 1. The highest BCUT2D eigenvalue weighted by atomic mass is 14.9. The maximum atomic E-state index is 3.86. The Bertz CT molecular complexity index is 180. The Balaban J connectivity index is 3.90. The summed E-state index contributed by atoms with van der Waals surface area (Å²) in [6.45, 7) is 12.7. The van der Waals surface area contributed by atoms with Gasteiger partial charge < -0.3 is 5.32 Å². The zero-order chi connectivity index (χ0) is 11.0. The molecule has 0 aliphatic rings. The first-order valence-electron chi connectivity index (χ1n) is 5.66. The number of hydrogen-bond acceptors (Lipinski definition) is 1. The molecule has 1 atom stereocenters. The molecule has 0 heterocycles. The molecule has 0 aliphatic heterocycles. The molecule has 0 spiro atoms. The van der Waals surface area contributed by atoms with Crippen LogP contribution in [0.4, 0.5) is 0 Å². The van der Waals surface area contributed by atoms with Crippen molar-refractivity contribution in [2.45, 2.75) is 53.0 Å². The van der Waals surface area contributed by atoms with Crippen LogP contribution in [-0.2, 0) is 0 Å². The summed E-state index contributed by atoms with van der Waals surface area (Å²) in [5.74, 6) is 0.773. The molecule has 0 fully saturated rings. The molecule has 14 heavy (non-hydrogen) atoms. The van der Waals surface area contributed by atoms with Gasteiger partial charge in [0.15, 0.2) is 0 Å². The van der Waals surface area contributed by atoms with E-state index in [1.807, 2.05) is 6.08 Å². The molecule has 1 N–H and O–H groups in total. The number of nitrogens with one attached hydrogen (secondary N) is 1. The van der Waals surface area contributed by atoms with Gasteiger partial charge >= 0.3 is 0 Å². The molecular weight excluding hydrogens is 170 g/mol. The van der Waals surface area contributed by atoms with E-state index in [4.69, 9.17) is 0 Å². The topological polar surface area (TPSA) is 12.0 Å². The van der Waals surface area contributed by atoms with Crippen molar-refractivity contribution >= 4 is 0 Å². The molecule has 0 aromatic rings. The van der Waals surface area contributed by atoms with Gasteiger partial charge in [-0.25, -0.2) is 0 Å². The highest BCUT2D eigenvalue weighted by molar-refractivity contribution is 5.00. The third-order valence-electron chi connectivity index (χ3n) is 2.26. The lowest BCUT2D eigenvalue weighted by molar-refractivity contribution is 0.501. The molecule has 1 unspecified atom stereocenters. The van der Waals surface area contributed by atoms with Crippen molar-refractivity contribution in [3.8, 4) is 0 Å². The molecule has 0 aliphatic carbocycles. The van der Waals surface area contributed by atoms with E-state index in [2.05, 4.69) is 45.7 Å². The zero-order valence-electron chi connectivity index (χ0n) is 10.1. The van der Waals surface area contributed by atoms with Crippen molar-refractivity contribution < 1.29 is 0 Å². The molecule has 0 bridgehead atoms. The van der Waals surface area contributed by atoms with E-state index >= 15 is 0 Å². The quantitative estimate of drug-likeness (QED) is 0.608. The van der Waals surface area contributed by atoms with Crippen LogP contribution in [0, 0.1) is 5.92 Å². The minimum absolute atomic E-state index is 0.431. The van der Waals surface area contributed by atoms with Gasteiger partial charge in [0.25, 0.3) is 0 Å². The summed E-state index contributed by atoms with van der Waals surface area (Å²) in [4.78, 5) is 0. The highest BCUT2D eigenvalue weighted by Crippen LogP contribution is 2.08. The van der Waals surface area contributed by atoms with Crippen molar-refractivity contribution in [3.05, 3.63) is 24.4 Å². The molecule has 0 amide bonds. The van der Waals surface area contributed by atoms with Gasteiger partial charge in [0, 0.05) is 11.7 Å². The summed E-state index contributed by atoms with van der Waals surface area (Å²) in [5.41, 5.74) is 1.26. The first-order valence-corrected chi connectivity index (χ1v) is 5.66. The van der Waals surface area contributed by atoms with E-state index in [0.29, 0.717) is 6.04 Å². The third-order valence-corrected chi connectivity index (χ3v) is 2.26. The van der Waals surface area contributed by atoms with E-state index in [1.54, 1.807) is 0 Å². The average molecular weight is 195 g/mol. The summed E-state index contributed by atoms with van der Waals surface area (Å²) >= 11 is 0. The SMILES string of the molecule is C=CC(CCC(C)C)N/C(C)=C\CC. The fraction of sp³-hybridized carbons (Fsp3) is 0.692. The molecular formula is C13H25N. The molecule has 0 aromatic carbocycles. The van der Waals surface area contributed by atoms with Crippen LogP contribution >= 0.6 is 0 Å². The van der Waals surface area contributed by atoms with Crippen LogP contribution in [0.3, 0.4) is 0 Å². The summed E-state index contributed by atoms with van der Waals surface area (Å²) in [7, 11) is 0. The predicted molar refractivity (Wildman–Crippen MR) is 65.2 cm³/mol. The van der Waals surface area contributed by atoms with Crippen LogP contribution in [0.2, 0.25) is 0 Å². The third kappa shape index (κ3) is 6.76. The van der Waals surface area contributed by atoms with Gasteiger partial charge in [-0.15, -0.1) is 6.58 Å². The first-order chi connectivity index (χ1) is 6.60. The highest BCUT2D eigenvalue weighted by Gasteiger charge is 2.04. The maximum Gasteiger partial charge on any atom is 0.0438 e. The Hall–Kier alpha value is -0.720. The molecule has 0 aromatic heterocycles. The van der Waals surface area contributed by atoms with E-state index in [-0.39, 0.29) is 0 Å². The number of allylic oxidation sites excluding steroid dienone is 2. The van der Waals surface area contributed by atoms with E-state index in [0.717, 1.165) is 12.3 Å². The van der Waals surface area contributed by atoms with Crippen LogP contribution < -0.4 is 5.32 Å². The van der Waals surface area contributed by atoms with Gasteiger partial charge in [-0.1, -0.05) is 32.9 Å². The number of rotatable bonds is 7. The fourth-order valence-corrected chi connectivity index (χ4v) is 1.42. The lowest BCUT2D eigenvalue weighted by Gasteiger charge is -2.17. The van der Waals surface area contributed by atoms with Gasteiger partial charge in [0.2, 0.25) is 0 Å². The van der Waals surface area contributed by atoms with E-state index < -0.39 is 0 Å². The van der Waals surface area contributed by atoms with Crippen LogP contribution in [0.25, 0.3) is 0 Å². The first kappa shape index (κ1) is 13.3. The van der Waals surface area contributed by atoms with Crippen molar-refractivity contribution in [2.24, 2.45) is 5.92 Å². The second-order valence-electron chi connectivity index (χ2n) is 4.25. The van der Waals surface area contributed by atoms with Gasteiger partial charge in [-0.05, 0) is 32.1 Å². The normalized spacial score (nSPS) is 14.2. The molecule has 1 heteroatoms. The largest absolute Gasteiger partial charge is 0.383 e.